The monoisotopic (exact) mass is 261 g/mol. The molecule has 0 saturated heterocycles. The van der Waals surface area contributed by atoms with Crippen LogP contribution < -0.4 is 11.5 Å². The molecule has 0 fully saturated rings. The Kier molecular flexibility index (Phi) is 7.99. The van der Waals surface area contributed by atoms with E-state index in [1.54, 1.807) is 11.9 Å². The third-order valence-electron chi connectivity index (χ3n) is 2.55. The maximum absolute atomic E-state index is 11.6. The highest BCUT2D eigenvalue weighted by molar-refractivity contribution is 8.00. The van der Waals surface area contributed by atoms with Crippen molar-refractivity contribution in [3.05, 3.63) is 0 Å². The number of hydrogen-bond acceptors (Lipinski definition) is 4. The highest BCUT2D eigenvalue weighted by Gasteiger charge is 2.12. The molecule has 0 rings (SSSR count). The second-order valence-electron chi connectivity index (χ2n) is 4.47. The normalized spacial score (nSPS) is 12.5. The predicted molar refractivity (Wildman–Crippen MR) is 71.6 cm³/mol. The molecule has 0 heterocycles. The summed E-state index contributed by atoms with van der Waals surface area (Å²) in [5.74, 6) is 0.503. The minimum Gasteiger partial charge on any atom is -0.369 e. The van der Waals surface area contributed by atoms with Crippen LogP contribution in [-0.4, -0.2) is 47.9 Å². The summed E-state index contributed by atoms with van der Waals surface area (Å²) < 4.78 is 0. The van der Waals surface area contributed by atoms with Crippen LogP contribution in [0.5, 0.6) is 0 Å². The summed E-state index contributed by atoms with van der Waals surface area (Å²) in [6.07, 6.45) is 0.792. The van der Waals surface area contributed by atoms with E-state index in [9.17, 15) is 9.59 Å². The van der Waals surface area contributed by atoms with Crippen molar-refractivity contribution in [2.24, 2.45) is 17.4 Å². The summed E-state index contributed by atoms with van der Waals surface area (Å²) >= 11 is 1.24. The maximum Gasteiger partial charge on any atom is 0.232 e. The molecule has 0 aromatic rings. The van der Waals surface area contributed by atoms with Gasteiger partial charge in [0.15, 0.2) is 0 Å². The fraction of sp³-hybridized carbons (Fsp3) is 0.818. The van der Waals surface area contributed by atoms with Crippen LogP contribution in [-0.2, 0) is 9.59 Å². The Bertz CT molecular complexity index is 259. The Morgan fingerprint density at radius 3 is 2.35 bits per heavy atom. The van der Waals surface area contributed by atoms with Crippen LogP contribution in [0.3, 0.4) is 0 Å². The summed E-state index contributed by atoms with van der Waals surface area (Å²) in [6, 6.07) is 0.114. The van der Waals surface area contributed by atoms with Crippen molar-refractivity contribution in [2.75, 3.05) is 25.1 Å². The molecule has 1 unspecified atom stereocenters. The molecule has 17 heavy (non-hydrogen) atoms. The second kappa shape index (κ2) is 8.36. The van der Waals surface area contributed by atoms with Crippen LogP contribution in [0.15, 0.2) is 0 Å². The van der Waals surface area contributed by atoms with Gasteiger partial charge in [-0.05, 0) is 12.3 Å². The molecule has 0 saturated carbocycles. The van der Waals surface area contributed by atoms with Gasteiger partial charge in [-0.25, -0.2) is 0 Å². The van der Waals surface area contributed by atoms with Gasteiger partial charge in [0.2, 0.25) is 11.8 Å². The smallest absolute Gasteiger partial charge is 0.232 e. The van der Waals surface area contributed by atoms with Crippen LogP contribution in [0.2, 0.25) is 0 Å². The van der Waals surface area contributed by atoms with Crippen LogP contribution in [0.4, 0.5) is 0 Å². The van der Waals surface area contributed by atoms with Gasteiger partial charge in [-0.3, -0.25) is 9.59 Å². The van der Waals surface area contributed by atoms with Crippen molar-refractivity contribution in [3.63, 3.8) is 0 Å². The zero-order valence-electron chi connectivity index (χ0n) is 10.8. The van der Waals surface area contributed by atoms with Gasteiger partial charge in [0, 0.05) is 19.6 Å². The van der Waals surface area contributed by atoms with E-state index in [2.05, 4.69) is 13.8 Å². The number of carbonyl (C=O) groups is 2. The Balaban J connectivity index is 3.78. The first-order chi connectivity index (χ1) is 7.84. The number of thioether (sulfide) groups is 1. The van der Waals surface area contributed by atoms with E-state index in [-0.39, 0.29) is 23.5 Å². The molecule has 1 atom stereocenters. The topological polar surface area (TPSA) is 89.4 Å². The Morgan fingerprint density at radius 1 is 1.29 bits per heavy atom. The van der Waals surface area contributed by atoms with E-state index < -0.39 is 5.91 Å². The van der Waals surface area contributed by atoms with Gasteiger partial charge in [-0.15, -0.1) is 11.8 Å². The van der Waals surface area contributed by atoms with Gasteiger partial charge in [-0.1, -0.05) is 13.8 Å². The molecule has 0 aliphatic heterocycles. The largest absolute Gasteiger partial charge is 0.369 e. The van der Waals surface area contributed by atoms with E-state index in [0.29, 0.717) is 12.5 Å². The standard InChI is InChI=1S/C11H23N3O2S/c1-8(2)9(12)4-5-14(3)11(16)7-17-6-10(13)15/h8-9H,4-7,12H2,1-3H3,(H2,13,15). The molecular weight excluding hydrogens is 238 g/mol. The summed E-state index contributed by atoms with van der Waals surface area (Å²) in [5, 5.41) is 0. The number of nitrogens with two attached hydrogens (primary N) is 2. The highest BCUT2D eigenvalue weighted by atomic mass is 32.2. The molecule has 0 spiro atoms. The SMILES string of the molecule is CC(C)C(N)CCN(C)C(=O)CSCC(N)=O. The second-order valence-corrected chi connectivity index (χ2v) is 5.46. The van der Waals surface area contributed by atoms with E-state index in [1.165, 1.54) is 11.8 Å². The zero-order chi connectivity index (χ0) is 13.4. The average molecular weight is 261 g/mol. The molecule has 0 aromatic heterocycles. The average Bonchev–Trinajstić information content (AvgIpc) is 2.24. The van der Waals surface area contributed by atoms with Crippen molar-refractivity contribution >= 4 is 23.6 Å². The number of nitrogens with zero attached hydrogens (tertiary/aromatic N) is 1. The molecule has 0 aromatic carbocycles. The van der Waals surface area contributed by atoms with Gasteiger partial charge in [0.25, 0.3) is 0 Å². The molecule has 5 nitrogen and oxygen atoms in total. The minimum atomic E-state index is -0.396. The fourth-order valence-corrected chi connectivity index (χ4v) is 1.85. The summed E-state index contributed by atoms with van der Waals surface area (Å²) in [7, 11) is 1.75. The quantitative estimate of drug-likeness (QED) is 0.645. The summed E-state index contributed by atoms with van der Waals surface area (Å²) in [4.78, 5) is 23.8. The lowest BCUT2D eigenvalue weighted by molar-refractivity contribution is -0.127. The molecular formula is C11H23N3O2S. The zero-order valence-corrected chi connectivity index (χ0v) is 11.6. The molecule has 100 valence electrons. The fourth-order valence-electron chi connectivity index (χ4n) is 1.15. The van der Waals surface area contributed by atoms with E-state index >= 15 is 0 Å². The van der Waals surface area contributed by atoms with Crippen LogP contribution in [0, 0.1) is 5.92 Å². The molecule has 6 heteroatoms. The molecule has 2 amide bonds. The van der Waals surface area contributed by atoms with E-state index in [4.69, 9.17) is 11.5 Å². The minimum absolute atomic E-state index is 0.00667. The maximum atomic E-state index is 11.6. The van der Waals surface area contributed by atoms with Crippen LogP contribution in [0.1, 0.15) is 20.3 Å². The van der Waals surface area contributed by atoms with Gasteiger partial charge in [0.05, 0.1) is 11.5 Å². The van der Waals surface area contributed by atoms with E-state index in [1.807, 2.05) is 0 Å². The summed E-state index contributed by atoms with van der Waals surface area (Å²) in [6.45, 7) is 4.78. The van der Waals surface area contributed by atoms with Crippen molar-refractivity contribution in [1.29, 1.82) is 0 Å². The number of carbonyl (C=O) groups excluding carboxylic acids is 2. The first kappa shape index (κ1) is 16.2. The molecule has 4 N–H and O–H groups in total. The van der Waals surface area contributed by atoms with Crippen LogP contribution >= 0.6 is 11.8 Å². The number of primary amides is 1. The van der Waals surface area contributed by atoms with Crippen LogP contribution in [0.25, 0.3) is 0 Å². The number of rotatable bonds is 8. The van der Waals surface area contributed by atoms with Crippen molar-refractivity contribution in [2.45, 2.75) is 26.3 Å². The van der Waals surface area contributed by atoms with Crippen molar-refractivity contribution < 1.29 is 9.59 Å². The van der Waals surface area contributed by atoms with Crippen molar-refractivity contribution in [3.8, 4) is 0 Å². The molecule has 0 radical (unpaired) electrons. The third kappa shape index (κ3) is 8.04. The lowest BCUT2D eigenvalue weighted by Crippen LogP contribution is -2.35. The van der Waals surface area contributed by atoms with Gasteiger partial charge >= 0.3 is 0 Å². The third-order valence-corrected chi connectivity index (χ3v) is 3.49. The van der Waals surface area contributed by atoms with E-state index in [0.717, 1.165) is 6.42 Å². The number of amides is 2. The Hall–Kier alpha value is -0.750. The lowest BCUT2D eigenvalue weighted by Gasteiger charge is -2.21. The Morgan fingerprint density at radius 2 is 1.88 bits per heavy atom. The lowest BCUT2D eigenvalue weighted by atomic mass is 10.0. The molecule has 0 aliphatic carbocycles. The summed E-state index contributed by atoms with van der Waals surface area (Å²) in [5.41, 5.74) is 10.9. The first-order valence-electron chi connectivity index (χ1n) is 5.70. The van der Waals surface area contributed by atoms with Gasteiger partial charge in [0.1, 0.15) is 0 Å². The molecule has 0 aliphatic rings. The van der Waals surface area contributed by atoms with Gasteiger partial charge < -0.3 is 16.4 Å². The predicted octanol–water partition coefficient (Wildman–Crippen LogP) is 0.0367. The van der Waals surface area contributed by atoms with Gasteiger partial charge in [-0.2, -0.15) is 0 Å². The van der Waals surface area contributed by atoms with Crippen molar-refractivity contribution in [1.82, 2.24) is 4.90 Å². The molecule has 0 bridgehead atoms. The highest BCUT2D eigenvalue weighted by Crippen LogP contribution is 2.05. The Labute approximate surface area is 107 Å². The number of hydrogen-bond donors (Lipinski definition) is 2. The first-order valence-corrected chi connectivity index (χ1v) is 6.85.